The predicted molar refractivity (Wildman–Crippen MR) is 103 cm³/mol. The highest BCUT2D eigenvalue weighted by molar-refractivity contribution is 7.26. The normalized spacial score (nSPS) is 11.3. The highest BCUT2D eigenvalue weighted by atomic mass is 32.1. The number of aryl methyl sites for hydroxylation is 2. The topological polar surface area (TPSA) is 54.8 Å². The van der Waals surface area contributed by atoms with Crippen LogP contribution in [0.15, 0.2) is 36.9 Å². The van der Waals surface area contributed by atoms with Gasteiger partial charge >= 0.3 is 0 Å². The molecule has 4 heterocycles. The van der Waals surface area contributed by atoms with Crippen molar-refractivity contribution in [3.05, 3.63) is 53.7 Å². The molecule has 0 radical (unpaired) electrons. The van der Waals surface area contributed by atoms with E-state index in [0.717, 1.165) is 44.9 Å². The molecule has 4 aromatic heterocycles. The number of pyridine rings is 2. The fourth-order valence-electron chi connectivity index (χ4n) is 3.12. The van der Waals surface area contributed by atoms with E-state index in [4.69, 9.17) is 4.98 Å². The van der Waals surface area contributed by atoms with Crippen molar-refractivity contribution in [1.82, 2.24) is 19.9 Å². The molecular formula is C19H19N5S. The lowest BCUT2D eigenvalue weighted by molar-refractivity contribution is 0.861. The Labute approximate surface area is 150 Å². The van der Waals surface area contributed by atoms with Crippen LogP contribution in [0, 0.1) is 13.8 Å². The summed E-state index contributed by atoms with van der Waals surface area (Å²) in [5.41, 5.74) is 4.54. The highest BCUT2D eigenvalue weighted by Crippen LogP contribution is 2.37. The first-order valence-corrected chi connectivity index (χ1v) is 9.06. The Morgan fingerprint density at radius 3 is 2.72 bits per heavy atom. The summed E-state index contributed by atoms with van der Waals surface area (Å²) in [7, 11) is 2.08. The van der Waals surface area contributed by atoms with Gasteiger partial charge in [-0.2, -0.15) is 0 Å². The number of anilines is 1. The van der Waals surface area contributed by atoms with Gasteiger partial charge in [-0.15, -0.1) is 11.3 Å². The average molecular weight is 349 g/mol. The number of likely N-dealkylation sites (N-methyl/N-ethyl adjacent to an activating group) is 1. The van der Waals surface area contributed by atoms with Crippen LogP contribution >= 0.6 is 11.3 Å². The van der Waals surface area contributed by atoms with Crippen molar-refractivity contribution in [2.45, 2.75) is 20.3 Å². The number of nitrogens with zero attached hydrogens (tertiary/aromatic N) is 5. The van der Waals surface area contributed by atoms with Crippen LogP contribution in [0.25, 0.3) is 20.4 Å². The van der Waals surface area contributed by atoms with Gasteiger partial charge in [-0.25, -0.2) is 15.0 Å². The first-order chi connectivity index (χ1) is 12.1. The molecule has 0 bridgehead atoms. The largest absolute Gasteiger partial charge is 0.358 e. The van der Waals surface area contributed by atoms with Crippen molar-refractivity contribution in [2.75, 3.05) is 18.5 Å². The Kier molecular flexibility index (Phi) is 4.05. The third-order valence-electron chi connectivity index (χ3n) is 4.38. The summed E-state index contributed by atoms with van der Waals surface area (Å²) in [5, 5.41) is 1.15. The summed E-state index contributed by atoms with van der Waals surface area (Å²) < 4.78 is 1.11. The molecule has 0 unspecified atom stereocenters. The second-order valence-electron chi connectivity index (χ2n) is 6.26. The number of rotatable bonds is 4. The molecule has 5 nitrogen and oxygen atoms in total. The fourth-order valence-corrected chi connectivity index (χ4v) is 4.42. The minimum atomic E-state index is 0.885. The Morgan fingerprint density at radius 2 is 1.92 bits per heavy atom. The quantitative estimate of drug-likeness (QED) is 0.559. The van der Waals surface area contributed by atoms with E-state index in [1.54, 1.807) is 17.7 Å². The first kappa shape index (κ1) is 15.9. The second-order valence-corrected chi connectivity index (χ2v) is 7.26. The van der Waals surface area contributed by atoms with Gasteiger partial charge in [-0.1, -0.05) is 0 Å². The maximum atomic E-state index is 4.69. The summed E-state index contributed by atoms with van der Waals surface area (Å²) in [4.78, 5) is 21.1. The van der Waals surface area contributed by atoms with Crippen LogP contribution in [0.1, 0.15) is 16.8 Å². The molecule has 0 N–H and O–H groups in total. The Balaban J connectivity index is 1.73. The summed E-state index contributed by atoms with van der Waals surface area (Å²) >= 11 is 1.68. The molecule has 0 aliphatic heterocycles. The number of hydrogen-bond acceptors (Lipinski definition) is 6. The minimum absolute atomic E-state index is 0.885. The molecule has 0 saturated heterocycles. The van der Waals surface area contributed by atoms with Gasteiger partial charge in [-0.05, 0) is 49.6 Å². The molecule has 0 aliphatic rings. The van der Waals surface area contributed by atoms with Gasteiger partial charge in [0.2, 0.25) is 0 Å². The van der Waals surface area contributed by atoms with Crippen molar-refractivity contribution in [2.24, 2.45) is 0 Å². The molecule has 0 fully saturated rings. The zero-order chi connectivity index (χ0) is 17.4. The van der Waals surface area contributed by atoms with E-state index in [2.05, 4.69) is 52.0 Å². The standard InChI is InChI=1S/C19H19N5S/c1-12-10-13(2)23-19-15(12)16-17(25-19)18(22-11-21-16)24(3)9-6-14-4-7-20-8-5-14/h4-5,7-8,10-11H,6,9H2,1-3H3. The minimum Gasteiger partial charge on any atom is -0.358 e. The Morgan fingerprint density at radius 1 is 1.12 bits per heavy atom. The molecule has 4 rings (SSSR count). The van der Waals surface area contributed by atoms with E-state index >= 15 is 0 Å². The van der Waals surface area contributed by atoms with Gasteiger partial charge in [-0.3, -0.25) is 4.98 Å². The van der Waals surface area contributed by atoms with E-state index < -0.39 is 0 Å². The van der Waals surface area contributed by atoms with Gasteiger partial charge < -0.3 is 4.90 Å². The van der Waals surface area contributed by atoms with Gasteiger partial charge in [0.25, 0.3) is 0 Å². The predicted octanol–water partition coefficient (Wildman–Crippen LogP) is 3.93. The highest BCUT2D eigenvalue weighted by Gasteiger charge is 2.16. The Hall–Kier alpha value is -2.60. The fraction of sp³-hybridized carbons (Fsp3) is 0.263. The monoisotopic (exact) mass is 349 g/mol. The van der Waals surface area contributed by atoms with Crippen molar-refractivity contribution < 1.29 is 0 Å². The molecule has 0 spiro atoms. The van der Waals surface area contributed by atoms with E-state index in [-0.39, 0.29) is 0 Å². The van der Waals surface area contributed by atoms with Crippen LogP contribution in [0.4, 0.5) is 5.82 Å². The smallest absolute Gasteiger partial charge is 0.149 e. The zero-order valence-electron chi connectivity index (χ0n) is 14.5. The van der Waals surface area contributed by atoms with Gasteiger partial charge in [0.15, 0.2) is 0 Å². The van der Waals surface area contributed by atoms with Crippen LogP contribution in [0.2, 0.25) is 0 Å². The molecule has 0 atom stereocenters. The van der Waals surface area contributed by atoms with Crippen molar-refractivity contribution >= 4 is 37.6 Å². The number of aromatic nitrogens is 4. The first-order valence-electron chi connectivity index (χ1n) is 8.25. The lowest BCUT2D eigenvalue weighted by Gasteiger charge is -2.18. The molecule has 0 aromatic carbocycles. The zero-order valence-corrected chi connectivity index (χ0v) is 15.3. The van der Waals surface area contributed by atoms with Crippen molar-refractivity contribution in [3.63, 3.8) is 0 Å². The van der Waals surface area contributed by atoms with Crippen LogP contribution in [0.5, 0.6) is 0 Å². The molecule has 0 saturated carbocycles. The van der Waals surface area contributed by atoms with E-state index in [0.29, 0.717) is 0 Å². The van der Waals surface area contributed by atoms with E-state index in [1.165, 1.54) is 11.1 Å². The number of hydrogen-bond donors (Lipinski definition) is 0. The molecule has 6 heteroatoms. The molecule has 0 amide bonds. The van der Waals surface area contributed by atoms with Crippen LogP contribution in [-0.2, 0) is 6.42 Å². The Bertz CT molecular complexity index is 1040. The average Bonchev–Trinajstić information content (AvgIpc) is 2.98. The number of thiophene rings is 1. The summed E-state index contributed by atoms with van der Waals surface area (Å²) in [5.74, 6) is 0.971. The third-order valence-corrected chi connectivity index (χ3v) is 5.45. The van der Waals surface area contributed by atoms with Gasteiger partial charge in [0, 0.05) is 37.1 Å². The van der Waals surface area contributed by atoms with E-state index in [1.807, 2.05) is 19.3 Å². The second kappa shape index (κ2) is 6.37. The van der Waals surface area contributed by atoms with Crippen molar-refractivity contribution in [3.8, 4) is 0 Å². The molecule has 4 aromatic rings. The summed E-state index contributed by atoms with van der Waals surface area (Å²) in [6.45, 7) is 5.04. The molecule has 25 heavy (non-hydrogen) atoms. The number of fused-ring (bicyclic) bond motifs is 3. The van der Waals surface area contributed by atoms with Gasteiger partial charge in [0.05, 0.1) is 10.2 Å². The van der Waals surface area contributed by atoms with Gasteiger partial charge in [0.1, 0.15) is 17.0 Å². The van der Waals surface area contributed by atoms with Crippen LogP contribution in [0.3, 0.4) is 0 Å². The maximum Gasteiger partial charge on any atom is 0.149 e. The molecule has 0 aliphatic carbocycles. The van der Waals surface area contributed by atoms with E-state index in [9.17, 15) is 0 Å². The van der Waals surface area contributed by atoms with Crippen LogP contribution in [-0.4, -0.2) is 33.5 Å². The maximum absolute atomic E-state index is 4.69. The summed E-state index contributed by atoms with van der Waals surface area (Å²) in [6.07, 6.45) is 6.28. The summed E-state index contributed by atoms with van der Waals surface area (Å²) in [6, 6.07) is 6.22. The lowest BCUT2D eigenvalue weighted by Crippen LogP contribution is -2.21. The SMILES string of the molecule is Cc1cc(C)c2c(n1)sc1c(N(C)CCc3ccncc3)ncnc12. The lowest BCUT2D eigenvalue weighted by atomic mass is 10.1. The molecular weight excluding hydrogens is 330 g/mol. The van der Waals surface area contributed by atoms with Crippen LogP contribution < -0.4 is 4.90 Å². The van der Waals surface area contributed by atoms with Crippen molar-refractivity contribution in [1.29, 1.82) is 0 Å². The third kappa shape index (κ3) is 2.93. The molecule has 126 valence electrons.